The van der Waals surface area contributed by atoms with Crippen LogP contribution in [0.2, 0.25) is 0 Å². The molecule has 3 N–H and O–H groups in total. The lowest BCUT2D eigenvalue weighted by molar-refractivity contribution is 0.331. The lowest BCUT2D eigenvalue weighted by atomic mass is 10.1. The highest BCUT2D eigenvalue weighted by Crippen LogP contribution is 2.28. The topological polar surface area (TPSA) is 47.3 Å². The maximum absolute atomic E-state index is 5.83. The van der Waals surface area contributed by atoms with Crippen molar-refractivity contribution in [3.8, 4) is 5.75 Å². The van der Waals surface area contributed by atoms with E-state index in [1.54, 1.807) is 0 Å². The number of nitrogens with two attached hydrogens (primary N) is 1. The molecule has 0 aliphatic heterocycles. The van der Waals surface area contributed by atoms with Crippen molar-refractivity contribution < 1.29 is 4.74 Å². The summed E-state index contributed by atoms with van der Waals surface area (Å²) in [5, 5.41) is 3.55. The van der Waals surface area contributed by atoms with E-state index in [0.717, 1.165) is 5.75 Å². The fourth-order valence-electron chi connectivity index (χ4n) is 1.87. The van der Waals surface area contributed by atoms with Crippen LogP contribution in [-0.2, 0) is 0 Å². The van der Waals surface area contributed by atoms with E-state index in [9.17, 15) is 0 Å². The molecule has 3 heteroatoms. The summed E-state index contributed by atoms with van der Waals surface area (Å²) in [4.78, 5) is 0. The Balaban J connectivity index is 2.14. The zero-order valence-corrected chi connectivity index (χ0v) is 9.78. The molecule has 0 radical (unpaired) electrons. The average Bonchev–Trinajstić information content (AvgIpc) is 3.11. The van der Waals surface area contributed by atoms with Gasteiger partial charge in [0, 0.05) is 24.2 Å². The summed E-state index contributed by atoms with van der Waals surface area (Å²) >= 11 is 0. The summed E-state index contributed by atoms with van der Waals surface area (Å²) < 4.78 is 5.63. The van der Waals surface area contributed by atoms with Gasteiger partial charge in [-0.15, -0.1) is 0 Å². The third kappa shape index (κ3) is 2.74. The zero-order chi connectivity index (χ0) is 11.4. The van der Waals surface area contributed by atoms with E-state index in [1.807, 2.05) is 25.1 Å². The van der Waals surface area contributed by atoms with Crippen LogP contribution >= 0.6 is 0 Å². The van der Waals surface area contributed by atoms with E-state index in [4.69, 9.17) is 10.5 Å². The largest absolute Gasteiger partial charge is 0.494 e. The summed E-state index contributed by atoms with van der Waals surface area (Å²) in [6, 6.07) is 9.01. The second-order valence-electron chi connectivity index (χ2n) is 4.20. The molecular formula is C13H20N2O. The van der Waals surface area contributed by atoms with Crippen LogP contribution in [0.25, 0.3) is 0 Å². The molecule has 0 saturated heterocycles. The molecule has 16 heavy (non-hydrogen) atoms. The summed E-state index contributed by atoms with van der Waals surface area (Å²) in [5.74, 6) is 0.952. The van der Waals surface area contributed by atoms with Crippen molar-refractivity contribution in [3.63, 3.8) is 0 Å². The van der Waals surface area contributed by atoms with Gasteiger partial charge in [0.25, 0.3) is 0 Å². The van der Waals surface area contributed by atoms with Gasteiger partial charge in [0.2, 0.25) is 0 Å². The summed E-state index contributed by atoms with van der Waals surface area (Å²) in [5.41, 5.74) is 7.01. The summed E-state index contributed by atoms with van der Waals surface area (Å²) in [6.07, 6.45) is 2.54. The minimum Gasteiger partial charge on any atom is -0.494 e. The van der Waals surface area contributed by atoms with Crippen LogP contribution in [0, 0.1) is 0 Å². The van der Waals surface area contributed by atoms with Crippen LogP contribution in [-0.4, -0.2) is 19.2 Å². The van der Waals surface area contributed by atoms with Gasteiger partial charge in [-0.1, -0.05) is 18.2 Å². The Labute approximate surface area is 97.0 Å². The molecule has 0 bridgehead atoms. The molecule has 0 heterocycles. The van der Waals surface area contributed by atoms with Crippen molar-refractivity contribution in [3.05, 3.63) is 29.8 Å². The Bertz CT molecular complexity index is 336. The fraction of sp³-hybridized carbons (Fsp3) is 0.538. The van der Waals surface area contributed by atoms with Gasteiger partial charge in [0.1, 0.15) is 5.75 Å². The zero-order valence-electron chi connectivity index (χ0n) is 9.78. The van der Waals surface area contributed by atoms with Crippen LogP contribution in [0.15, 0.2) is 24.3 Å². The maximum atomic E-state index is 5.83. The Morgan fingerprint density at radius 1 is 1.44 bits per heavy atom. The van der Waals surface area contributed by atoms with Crippen LogP contribution in [0.3, 0.4) is 0 Å². The highest BCUT2D eigenvalue weighted by molar-refractivity contribution is 5.36. The van der Waals surface area contributed by atoms with Crippen molar-refractivity contribution >= 4 is 0 Å². The quantitative estimate of drug-likeness (QED) is 0.769. The molecule has 3 nitrogen and oxygen atoms in total. The lowest BCUT2D eigenvalue weighted by Crippen LogP contribution is -2.30. The minimum atomic E-state index is 0.218. The van der Waals surface area contributed by atoms with Gasteiger partial charge in [-0.2, -0.15) is 0 Å². The average molecular weight is 220 g/mol. The SMILES string of the molecule is CCOc1ccccc1C(CN)NC1CC1. The van der Waals surface area contributed by atoms with Crippen molar-refractivity contribution in [2.24, 2.45) is 5.73 Å². The first-order chi connectivity index (χ1) is 7.85. The number of hydrogen-bond acceptors (Lipinski definition) is 3. The third-order valence-corrected chi connectivity index (χ3v) is 2.84. The standard InChI is InChI=1S/C13H20N2O/c1-2-16-13-6-4-3-5-11(13)12(9-14)15-10-7-8-10/h3-6,10,12,15H,2,7-9,14H2,1H3. The van der Waals surface area contributed by atoms with Gasteiger partial charge in [-0.05, 0) is 25.8 Å². The predicted molar refractivity (Wildman–Crippen MR) is 65.6 cm³/mol. The van der Waals surface area contributed by atoms with Gasteiger partial charge in [0.15, 0.2) is 0 Å². The summed E-state index contributed by atoms with van der Waals surface area (Å²) in [7, 11) is 0. The van der Waals surface area contributed by atoms with E-state index in [1.165, 1.54) is 18.4 Å². The molecule has 1 aromatic carbocycles. The van der Waals surface area contributed by atoms with E-state index in [0.29, 0.717) is 19.2 Å². The molecule has 0 spiro atoms. The first kappa shape index (κ1) is 11.4. The van der Waals surface area contributed by atoms with Gasteiger partial charge < -0.3 is 15.8 Å². The van der Waals surface area contributed by atoms with E-state index >= 15 is 0 Å². The highest BCUT2D eigenvalue weighted by atomic mass is 16.5. The predicted octanol–water partition coefficient (Wildman–Crippen LogP) is 1.84. The minimum absolute atomic E-state index is 0.218. The smallest absolute Gasteiger partial charge is 0.124 e. The number of nitrogens with one attached hydrogen (secondary N) is 1. The molecule has 1 saturated carbocycles. The Morgan fingerprint density at radius 2 is 2.19 bits per heavy atom. The van der Waals surface area contributed by atoms with Crippen molar-refractivity contribution in [1.82, 2.24) is 5.32 Å². The molecule has 1 aliphatic carbocycles. The van der Waals surface area contributed by atoms with Gasteiger partial charge in [0.05, 0.1) is 6.61 Å². The monoisotopic (exact) mass is 220 g/mol. The molecule has 1 fully saturated rings. The van der Waals surface area contributed by atoms with Crippen LogP contribution in [0.4, 0.5) is 0 Å². The van der Waals surface area contributed by atoms with Crippen LogP contribution in [0.1, 0.15) is 31.4 Å². The van der Waals surface area contributed by atoms with Gasteiger partial charge in [-0.3, -0.25) is 0 Å². The number of ether oxygens (including phenoxy) is 1. The second-order valence-corrected chi connectivity index (χ2v) is 4.20. The molecule has 0 amide bonds. The van der Waals surface area contributed by atoms with Crippen LogP contribution < -0.4 is 15.8 Å². The van der Waals surface area contributed by atoms with E-state index < -0.39 is 0 Å². The van der Waals surface area contributed by atoms with Crippen LogP contribution in [0.5, 0.6) is 5.75 Å². The normalized spacial score (nSPS) is 17.1. The molecule has 0 aromatic heterocycles. The third-order valence-electron chi connectivity index (χ3n) is 2.84. The molecule has 2 rings (SSSR count). The molecule has 1 atom stereocenters. The molecule has 1 unspecified atom stereocenters. The number of hydrogen-bond donors (Lipinski definition) is 2. The first-order valence-corrected chi connectivity index (χ1v) is 6.03. The lowest BCUT2D eigenvalue weighted by Gasteiger charge is -2.20. The Hall–Kier alpha value is -1.06. The van der Waals surface area contributed by atoms with Crippen molar-refractivity contribution in [1.29, 1.82) is 0 Å². The fourth-order valence-corrected chi connectivity index (χ4v) is 1.87. The number of para-hydroxylation sites is 1. The van der Waals surface area contributed by atoms with Crippen molar-refractivity contribution in [2.45, 2.75) is 31.8 Å². The van der Waals surface area contributed by atoms with Crippen molar-refractivity contribution in [2.75, 3.05) is 13.2 Å². The maximum Gasteiger partial charge on any atom is 0.124 e. The number of rotatable bonds is 6. The molecular weight excluding hydrogens is 200 g/mol. The van der Waals surface area contributed by atoms with E-state index in [2.05, 4.69) is 11.4 Å². The Kier molecular flexibility index (Phi) is 3.80. The van der Waals surface area contributed by atoms with E-state index in [-0.39, 0.29) is 6.04 Å². The van der Waals surface area contributed by atoms with Gasteiger partial charge in [-0.25, -0.2) is 0 Å². The summed E-state index contributed by atoms with van der Waals surface area (Å²) in [6.45, 7) is 3.31. The second kappa shape index (κ2) is 5.32. The number of benzene rings is 1. The highest BCUT2D eigenvalue weighted by Gasteiger charge is 2.25. The Morgan fingerprint density at radius 3 is 2.81 bits per heavy atom. The first-order valence-electron chi connectivity index (χ1n) is 6.03. The molecule has 1 aromatic rings. The van der Waals surface area contributed by atoms with Gasteiger partial charge >= 0.3 is 0 Å². The molecule has 88 valence electrons. The molecule has 1 aliphatic rings.